The van der Waals surface area contributed by atoms with Crippen LogP contribution in [0.15, 0.2) is 40.2 Å². The number of guanidine groups is 1. The van der Waals surface area contributed by atoms with E-state index in [0.717, 1.165) is 58.1 Å². The molecule has 0 bridgehead atoms. The Labute approximate surface area is 174 Å². The molecule has 3 heterocycles. The minimum absolute atomic E-state index is 0.314. The van der Waals surface area contributed by atoms with Crippen LogP contribution < -0.4 is 5.32 Å². The zero-order valence-electron chi connectivity index (χ0n) is 17.2. The Kier molecular flexibility index (Phi) is 6.13. The number of piperidine rings is 1. The van der Waals surface area contributed by atoms with Crippen molar-refractivity contribution in [3.8, 4) is 0 Å². The van der Waals surface area contributed by atoms with Crippen LogP contribution in [0.25, 0.3) is 0 Å². The molecule has 1 atom stereocenters. The molecule has 0 aromatic heterocycles. The summed E-state index contributed by atoms with van der Waals surface area (Å²) in [6.45, 7) is 5.78. The van der Waals surface area contributed by atoms with Crippen molar-refractivity contribution in [1.82, 2.24) is 14.5 Å². The number of sulfonamides is 1. The lowest BCUT2D eigenvalue weighted by atomic mass is 9.87. The molecule has 0 saturated carbocycles. The van der Waals surface area contributed by atoms with Gasteiger partial charge < -0.3 is 15.0 Å². The van der Waals surface area contributed by atoms with E-state index in [1.807, 2.05) is 13.1 Å². The number of nitrogens with one attached hydrogen (secondary N) is 1. The Balaban J connectivity index is 1.27. The van der Waals surface area contributed by atoms with Crippen LogP contribution in [-0.4, -0.2) is 76.6 Å². The Hall–Kier alpha value is -1.64. The van der Waals surface area contributed by atoms with Gasteiger partial charge in [-0.2, -0.15) is 4.31 Å². The monoisotopic (exact) mass is 420 g/mol. The van der Waals surface area contributed by atoms with Crippen molar-refractivity contribution in [1.29, 1.82) is 0 Å². The van der Waals surface area contributed by atoms with Gasteiger partial charge in [-0.05, 0) is 43.7 Å². The lowest BCUT2D eigenvalue weighted by molar-refractivity contribution is 0.156. The molecule has 3 aliphatic heterocycles. The normalized spacial score (nSPS) is 27.1. The van der Waals surface area contributed by atoms with Crippen LogP contribution in [0.3, 0.4) is 0 Å². The summed E-state index contributed by atoms with van der Waals surface area (Å²) < 4.78 is 32.8. The summed E-state index contributed by atoms with van der Waals surface area (Å²) >= 11 is 0. The summed E-state index contributed by atoms with van der Waals surface area (Å²) in [5.74, 6) is 1.42. The van der Waals surface area contributed by atoms with Gasteiger partial charge >= 0.3 is 0 Å². The van der Waals surface area contributed by atoms with Crippen molar-refractivity contribution >= 4 is 16.0 Å². The van der Waals surface area contributed by atoms with Crippen molar-refractivity contribution in [2.24, 2.45) is 16.3 Å². The molecule has 160 valence electrons. The third-order valence-electron chi connectivity index (χ3n) is 6.64. The van der Waals surface area contributed by atoms with Gasteiger partial charge in [0.25, 0.3) is 0 Å². The molecule has 0 aliphatic carbocycles. The van der Waals surface area contributed by atoms with Crippen molar-refractivity contribution in [2.75, 3.05) is 53.0 Å². The van der Waals surface area contributed by atoms with E-state index in [1.165, 1.54) is 6.42 Å². The van der Waals surface area contributed by atoms with E-state index in [9.17, 15) is 8.42 Å². The summed E-state index contributed by atoms with van der Waals surface area (Å²) in [6.07, 6.45) is 4.06. The third kappa shape index (κ3) is 4.44. The summed E-state index contributed by atoms with van der Waals surface area (Å²) in [5.41, 5.74) is 0.314. The third-order valence-corrected chi connectivity index (χ3v) is 8.55. The molecular weight excluding hydrogens is 388 g/mol. The fourth-order valence-electron chi connectivity index (χ4n) is 4.75. The number of hydrogen-bond acceptors (Lipinski definition) is 4. The molecule has 0 radical (unpaired) electrons. The highest BCUT2D eigenvalue weighted by atomic mass is 32.2. The summed E-state index contributed by atoms with van der Waals surface area (Å²) in [7, 11) is -1.54. The van der Waals surface area contributed by atoms with Gasteiger partial charge in [0.05, 0.1) is 11.5 Å². The number of aliphatic imine (C=N–C) groups is 1. The molecular formula is C21H32N4O3S. The number of nitrogens with zero attached hydrogens (tertiary/aromatic N) is 3. The predicted octanol–water partition coefficient (Wildman–Crippen LogP) is 1.78. The van der Waals surface area contributed by atoms with Crippen molar-refractivity contribution in [3.63, 3.8) is 0 Å². The van der Waals surface area contributed by atoms with Gasteiger partial charge in [-0.15, -0.1) is 0 Å². The van der Waals surface area contributed by atoms with Gasteiger partial charge in [-0.1, -0.05) is 18.2 Å². The van der Waals surface area contributed by atoms with Crippen LogP contribution in [0, 0.1) is 11.3 Å². The fourth-order valence-corrected chi connectivity index (χ4v) is 6.24. The first-order valence-electron chi connectivity index (χ1n) is 10.6. The van der Waals surface area contributed by atoms with Crippen LogP contribution in [0.2, 0.25) is 0 Å². The van der Waals surface area contributed by atoms with Gasteiger partial charge in [0, 0.05) is 51.8 Å². The summed E-state index contributed by atoms with van der Waals surface area (Å²) in [5, 5.41) is 3.54. The molecule has 3 aliphatic rings. The van der Waals surface area contributed by atoms with Gasteiger partial charge in [0.15, 0.2) is 5.96 Å². The standard InChI is InChI=1S/C21H32N4O3S/c1-22-20(24-13-9-21(16-24)10-14-28-17-21)23-15-18-7-11-25(12-8-18)29(26,27)19-5-3-2-4-6-19/h2-6,18H,7-17H2,1H3,(H,22,23). The molecule has 1 aromatic rings. The van der Waals surface area contributed by atoms with Crippen molar-refractivity contribution < 1.29 is 13.2 Å². The molecule has 1 aromatic carbocycles. The van der Waals surface area contributed by atoms with Crippen LogP contribution >= 0.6 is 0 Å². The van der Waals surface area contributed by atoms with Gasteiger partial charge in [0.2, 0.25) is 10.0 Å². The lowest BCUT2D eigenvalue weighted by Crippen LogP contribution is -2.45. The van der Waals surface area contributed by atoms with E-state index in [-0.39, 0.29) is 0 Å². The van der Waals surface area contributed by atoms with Gasteiger partial charge in [-0.3, -0.25) is 4.99 Å². The maximum atomic E-state index is 12.8. The molecule has 29 heavy (non-hydrogen) atoms. The van der Waals surface area contributed by atoms with Gasteiger partial charge in [0.1, 0.15) is 0 Å². The maximum absolute atomic E-state index is 12.8. The number of likely N-dealkylation sites (tertiary alicyclic amines) is 1. The van der Waals surface area contributed by atoms with E-state index in [4.69, 9.17) is 4.74 Å². The predicted molar refractivity (Wildman–Crippen MR) is 113 cm³/mol. The molecule has 4 rings (SSSR count). The van der Waals surface area contributed by atoms with Crippen LogP contribution in [-0.2, 0) is 14.8 Å². The first kappa shape index (κ1) is 20.6. The molecule has 1 unspecified atom stereocenters. The second-order valence-electron chi connectivity index (χ2n) is 8.56. The maximum Gasteiger partial charge on any atom is 0.243 e. The highest BCUT2D eigenvalue weighted by Crippen LogP contribution is 2.38. The number of hydrogen-bond donors (Lipinski definition) is 1. The minimum atomic E-state index is -3.38. The number of benzene rings is 1. The van der Waals surface area contributed by atoms with Crippen molar-refractivity contribution in [2.45, 2.75) is 30.6 Å². The Bertz CT molecular complexity index is 814. The summed E-state index contributed by atoms with van der Waals surface area (Å²) in [4.78, 5) is 7.22. The molecule has 1 N–H and O–H groups in total. The zero-order valence-corrected chi connectivity index (χ0v) is 18.0. The van der Waals surface area contributed by atoms with Crippen molar-refractivity contribution in [3.05, 3.63) is 30.3 Å². The largest absolute Gasteiger partial charge is 0.381 e. The molecule has 3 fully saturated rings. The van der Waals surface area contributed by atoms with E-state index in [2.05, 4.69) is 15.2 Å². The molecule has 1 spiro atoms. The molecule has 0 amide bonds. The van der Waals surface area contributed by atoms with Crippen LogP contribution in [0.4, 0.5) is 0 Å². The Morgan fingerprint density at radius 3 is 2.62 bits per heavy atom. The Morgan fingerprint density at radius 1 is 1.21 bits per heavy atom. The van der Waals surface area contributed by atoms with E-state index < -0.39 is 10.0 Å². The number of rotatable bonds is 4. The van der Waals surface area contributed by atoms with Gasteiger partial charge in [-0.25, -0.2) is 8.42 Å². The SMILES string of the molecule is CN=C(NCC1CCN(S(=O)(=O)c2ccccc2)CC1)N1CCC2(CCOC2)C1. The average molecular weight is 421 g/mol. The number of ether oxygens (including phenoxy) is 1. The minimum Gasteiger partial charge on any atom is -0.381 e. The second-order valence-corrected chi connectivity index (χ2v) is 10.5. The first-order valence-corrected chi connectivity index (χ1v) is 12.0. The highest BCUT2D eigenvalue weighted by Gasteiger charge is 2.42. The fraction of sp³-hybridized carbons (Fsp3) is 0.667. The highest BCUT2D eigenvalue weighted by molar-refractivity contribution is 7.89. The smallest absolute Gasteiger partial charge is 0.243 e. The van der Waals surface area contributed by atoms with Crippen LogP contribution in [0.1, 0.15) is 25.7 Å². The zero-order chi connectivity index (χ0) is 20.3. The molecule has 8 heteroatoms. The quantitative estimate of drug-likeness (QED) is 0.594. The Morgan fingerprint density at radius 2 is 1.97 bits per heavy atom. The molecule has 3 saturated heterocycles. The summed E-state index contributed by atoms with van der Waals surface area (Å²) in [6, 6.07) is 8.73. The van der Waals surface area contributed by atoms with E-state index in [0.29, 0.717) is 29.3 Å². The van der Waals surface area contributed by atoms with Crippen LogP contribution in [0.5, 0.6) is 0 Å². The molecule has 7 nitrogen and oxygen atoms in total. The topological polar surface area (TPSA) is 74.2 Å². The second kappa shape index (κ2) is 8.62. The average Bonchev–Trinajstić information content (AvgIpc) is 3.39. The lowest BCUT2D eigenvalue weighted by Gasteiger charge is -2.32. The van der Waals surface area contributed by atoms with E-state index >= 15 is 0 Å². The van der Waals surface area contributed by atoms with E-state index in [1.54, 1.807) is 28.6 Å². The first-order chi connectivity index (χ1) is 14.0.